The van der Waals surface area contributed by atoms with Gasteiger partial charge in [0.2, 0.25) is 0 Å². The molecule has 0 amide bonds. The van der Waals surface area contributed by atoms with Gasteiger partial charge in [-0.3, -0.25) is 9.13 Å². The smallest absolute Gasteiger partial charge is 0.333 e. The van der Waals surface area contributed by atoms with Crippen molar-refractivity contribution < 1.29 is 5.11 Å². The number of hydrogen-bond donors (Lipinski definition) is 1. The normalized spacial score (nSPS) is 10.3. The Balaban J connectivity index is 2.60. The van der Waals surface area contributed by atoms with Gasteiger partial charge in [0.05, 0.1) is 17.9 Å². The van der Waals surface area contributed by atoms with Gasteiger partial charge < -0.3 is 5.11 Å². The number of imidazole rings is 1. The van der Waals surface area contributed by atoms with E-state index in [9.17, 15) is 4.79 Å². The zero-order chi connectivity index (χ0) is 13.3. The van der Waals surface area contributed by atoms with E-state index in [0.29, 0.717) is 17.1 Å². The second-order valence-corrected chi connectivity index (χ2v) is 3.96. The van der Waals surface area contributed by atoms with Crippen LogP contribution in [0.2, 0.25) is 0 Å². The van der Waals surface area contributed by atoms with Crippen LogP contribution in [0.25, 0.3) is 5.82 Å². The molecule has 6 nitrogen and oxygen atoms in total. The average Bonchev–Trinajstić information content (AvgIpc) is 2.66. The summed E-state index contributed by atoms with van der Waals surface area (Å²) >= 11 is 0. The van der Waals surface area contributed by atoms with Gasteiger partial charge >= 0.3 is 5.69 Å². The summed E-state index contributed by atoms with van der Waals surface area (Å²) in [4.78, 5) is 16.0. The number of nitriles is 1. The molecule has 0 radical (unpaired) electrons. The fourth-order valence-corrected chi connectivity index (χ4v) is 1.68. The predicted molar refractivity (Wildman–Crippen MR) is 64.2 cm³/mol. The lowest BCUT2D eigenvalue weighted by Crippen LogP contribution is -2.22. The van der Waals surface area contributed by atoms with Gasteiger partial charge in [0.25, 0.3) is 0 Å². The Labute approximate surface area is 103 Å². The number of aromatic nitrogens is 3. The van der Waals surface area contributed by atoms with Crippen molar-refractivity contribution in [3.8, 4) is 11.9 Å². The van der Waals surface area contributed by atoms with E-state index in [1.54, 1.807) is 20.0 Å². The molecule has 0 aliphatic heterocycles. The molecule has 2 aromatic rings. The molecule has 92 valence electrons. The third kappa shape index (κ3) is 1.81. The molecule has 0 saturated heterocycles. The summed E-state index contributed by atoms with van der Waals surface area (Å²) in [6, 6.07) is 3.69. The fourth-order valence-electron chi connectivity index (χ4n) is 1.68. The highest BCUT2D eigenvalue weighted by Gasteiger charge is 2.10. The molecule has 2 rings (SSSR count). The summed E-state index contributed by atoms with van der Waals surface area (Å²) < 4.78 is 2.70. The van der Waals surface area contributed by atoms with Gasteiger partial charge in [-0.15, -0.1) is 0 Å². The Hall–Kier alpha value is -2.39. The van der Waals surface area contributed by atoms with Crippen molar-refractivity contribution in [1.29, 1.82) is 5.26 Å². The van der Waals surface area contributed by atoms with Crippen LogP contribution in [0.1, 0.15) is 16.8 Å². The van der Waals surface area contributed by atoms with Crippen LogP contribution < -0.4 is 5.69 Å². The Morgan fingerprint density at radius 3 is 2.78 bits per heavy atom. The molecule has 0 atom stereocenters. The average molecular weight is 244 g/mol. The minimum absolute atomic E-state index is 0.214. The summed E-state index contributed by atoms with van der Waals surface area (Å²) in [6.07, 6.45) is 2.97. The highest BCUT2D eigenvalue weighted by Crippen LogP contribution is 2.10. The van der Waals surface area contributed by atoms with Gasteiger partial charge in [0.15, 0.2) is 0 Å². The SMILES string of the molecule is Cc1cc(-n2cc(CO)n(C)c2=O)ncc1C#N. The van der Waals surface area contributed by atoms with Crippen LogP contribution >= 0.6 is 0 Å². The predicted octanol–water partition coefficient (Wildman–Crippen LogP) is 0.243. The lowest BCUT2D eigenvalue weighted by atomic mass is 10.2. The monoisotopic (exact) mass is 244 g/mol. The molecule has 2 aromatic heterocycles. The van der Waals surface area contributed by atoms with Crippen molar-refractivity contribution in [2.45, 2.75) is 13.5 Å². The van der Waals surface area contributed by atoms with Crippen LogP contribution in [-0.4, -0.2) is 19.2 Å². The summed E-state index contributed by atoms with van der Waals surface area (Å²) in [5.74, 6) is 0.437. The van der Waals surface area contributed by atoms with Crippen LogP contribution in [0.4, 0.5) is 0 Å². The Morgan fingerprint density at radius 1 is 1.56 bits per heavy atom. The van der Waals surface area contributed by atoms with E-state index in [2.05, 4.69) is 4.98 Å². The molecule has 6 heteroatoms. The number of rotatable bonds is 2. The van der Waals surface area contributed by atoms with Crippen molar-refractivity contribution in [3.05, 3.63) is 45.8 Å². The number of aliphatic hydroxyl groups excluding tert-OH is 1. The van der Waals surface area contributed by atoms with E-state index in [1.165, 1.54) is 21.5 Å². The summed E-state index contributed by atoms with van der Waals surface area (Å²) in [5.41, 5.74) is 1.45. The van der Waals surface area contributed by atoms with E-state index in [1.807, 2.05) is 6.07 Å². The molecule has 0 aromatic carbocycles. The standard InChI is InChI=1S/C12H12N4O2/c1-8-3-11(14-5-9(8)4-13)16-6-10(7-17)15(2)12(16)18/h3,5-6,17H,7H2,1-2H3. The largest absolute Gasteiger partial charge is 0.390 e. The lowest BCUT2D eigenvalue weighted by molar-refractivity contribution is 0.272. The maximum Gasteiger partial charge on any atom is 0.333 e. The molecule has 0 bridgehead atoms. The van der Waals surface area contributed by atoms with Gasteiger partial charge in [0.1, 0.15) is 11.9 Å². The first-order valence-electron chi connectivity index (χ1n) is 5.33. The van der Waals surface area contributed by atoms with E-state index < -0.39 is 0 Å². The van der Waals surface area contributed by atoms with Gasteiger partial charge in [0, 0.05) is 19.4 Å². The zero-order valence-electron chi connectivity index (χ0n) is 10.1. The van der Waals surface area contributed by atoms with Gasteiger partial charge in [-0.1, -0.05) is 0 Å². The molecule has 0 unspecified atom stereocenters. The third-order valence-electron chi connectivity index (χ3n) is 2.83. The highest BCUT2D eigenvalue weighted by molar-refractivity contribution is 5.39. The quantitative estimate of drug-likeness (QED) is 0.820. The van der Waals surface area contributed by atoms with Crippen molar-refractivity contribution in [2.24, 2.45) is 7.05 Å². The molecule has 0 aliphatic rings. The van der Waals surface area contributed by atoms with Crippen LogP contribution in [0.3, 0.4) is 0 Å². The van der Waals surface area contributed by atoms with E-state index in [-0.39, 0.29) is 12.3 Å². The minimum atomic E-state index is -0.282. The van der Waals surface area contributed by atoms with Crippen molar-refractivity contribution in [3.63, 3.8) is 0 Å². The molecule has 0 fully saturated rings. The first kappa shape index (κ1) is 12.1. The van der Waals surface area contributed by atoms with Crippen molar-refractivity contribution in [2.75, 3.05) is 0 Å². The van der Waals surface area contributed by atoms with Crippen LogP contribution in [0, 0.1) is 18.3 Å². The molecule has 18 heavy (non-hydrogen) atoms. The fraction of sp³-hybridized carbons (Fsp3) is 0.250. The first-order chi connectivity index (χ1) is 8.58. The maximum atomic E-state index is 11.9. The number of pyridine rings is 1. The van der Waals surface area contributed by atoms with Gasteiger partial charge in [-0.05, 0) is 18.6 Å². The van der Waals surface area contributed by atoms with E-state index in [4.69, 9.17) is 10.4 Å². The zero-order valence-corrected chi connectivity index (χ0v) is 10.1. The molecular formula is C12H12N4O2. The first-order valence-corrected chi connectivity index (χ1v) is 5.33. The summed E-state index contributed by atoms with van der Waals surface area (Å²) in [7, 11) is 1.58. The van der Waals surface area contributed by atoms with Crippen molar-refractivity contribution in [1.82, 2.24) is 14.1 Å². The second kappa shape index (κ2) is 4.47. The number of hydrogen-bond acceptors (Lipinski definition) is 4. The van der Waals surface area contributed by atoms with Gasteiger partial charge in [-0.2, -0.15) is 5.26 Å². The molecule has 2 heterocycles. The van der Waals surface area contributed by atoms with Crippen molar-refractivity contribution >= 4 is 0 Å². The minimum Gasteiger partial charge on any atom is -0.390 e. The van der Waals surface area contributed by atoms with Crippen LogP contribution in [0.5, 0.6) is 0 Å². The third-order valence-corrected chi connectivity index (χ3v) is 2.83. The second-order valence-electron chi connectivity index (χ2n) is 3.96. The summed E-state index contributed by atoms with van der Waals surface area (Å²) in [5, 5.41) is 17.9. The molecule has 0 saturated carbocycles. The molecular weight excluding hydrogens is 232 g/mol. The van der Waals surface area contributed by atoms with Crippen LogP contribution in [0.15, 0.2) is 23.3 Å². The Kier molecular flexibility index (Phi) is 3.00. The molecule has 1 N–H and O–H groups in total. The summed E-state index contributed by atoms with van der Waals surface area (Å²) in [6.45, 7) is 1.57. The topological polar surface area (TPSA) is 83.8 Å². The molecule has 0 aliphatic carbocycles. The van der Waals surface area contributed by atoms with Crippen LogP contribution in [-0.2, 0) is 13.7 Å². The van der Waals surface area contributed by atoms with Gasteiger partial charge in [-0.25, -0.2) is 9.78 Å². The Bertz CT molecular complexity index is 691. The lowest BCUT2D eigenvalue weighted by Gasteiger charge is -2.02. The number of aryl methyl sites for hydroxylation is 1. The molecule has 0 spiro atoms. The van der Waals surface area contributed by atoms with E-state index >= 15 is 0 Å². The highest BCUT2D eigenvalue weighted by atomic mass is 16.3. The number of nitrogens with zero attached hydrogens (tertiary/aromatic N) is 4. The maximum absolute atomic E-state index is 11.9. The Morgan fingerprint density at radius 2 is 2.28 bits per heavy atom. The number of aliphatic hydroxyl groups is 1. The van der Waals surface area contributed by atoms with E-state index in [0.717, 1.165) is 5.56 Å².